The molecule has 1 fully saturated rings. The molecule has 164 valence electrons. The molecule has 9 nitrogen and oxygen atoms in total. The van der Waals surface area contributed by atoms with Gasteiger partial charge in [-0.3, -0.25) is 10.2 Å². The Morgan fingerprint density at radius 1 is 1.06 bits per heavy atom. The predicted molar refractivity (Wildman–Crippen MR) is 115 cm³/mol. The number of nitrogens with one attached hydrogen (secondary N) is 1. The molecule has 1 saturated heterocycles. The summed E-state index contributed by atoms with van der Waals surface area (Å²) in [6, 6.07) is 15.2. The number of carboxylic acid groups (broad SMARTS) is 2. The van der Waals surface area contributed by atoms with Crippen molar-refractivity contribution in [3.05, 3.63) is 54.1 Å². The molecule has 0 saturated carbocycles. The minimum atomic E-state index is -1.82. The van der Waals surface area contributed by atoms with Gasteiger partial charge in [-0.15, -0.1) is 0 Å². The first-order valence-corrected chi connectivity index (χ1v) is 9.71. The lowest BCUT2D eigenvalue weighted by Gasteiger charge is -2.32. The molecular weight excluding hydrogens is 402 g/mol. The minimum Gasteiger partial charge on any atom is -0.473 e. The second-order valence-corrected chi connectivity index (χ2v) is 7.80. The Kier molecular flexibility index (Phi) is 6.16. The van der Waals surface area contributed by atoms with Crippen LogP contribution < -0.4 is 15.0 Å². The number of nitrogens with zero attached hydrogens (tertiary/aromatic N) is 2. The van der Waals surface area contributed by atoms with Crippen molar-refractivity contribution >= 4 is 29.4 Å². The van der Waals surface area contributed by atoms with E-state index in [1.54, 1.807) is 12.1 Å². The number of amides is 1. The van der Waals surface area contributed by atoms with Gasteiger partial charge in [-0.1, -0.05) is 25.1 Å². The Hall–Kier alpha value is -3.59. The normalized spacial score (nSPS) is 21.4. The summed E-state index contributed by atoms with van der Waals surface area (Å²) in [6.45, 7) is 3.40. The Morgan fingerprint density at radius 3 is 2.32 bits per heavy atom. The van der Waals surface area contributed by atoms with Gasteiger partial charge >= 0.3 is 18.0 Å². The van der Waals surface area contributed by atoms with Crippen LogP contribution in [0, 0.1) is 0 Å². The molecule has 0 aliphatic carbocycles. The molecule has 2 aromatic rings. The van der Waals surface area contributed by atoms with Crippen LogP contribution >= 0.6 is 0 Å². The van der Waals surface area contributed by atoms with Crippen molar-refractivity contribution in [2.75, 3.05) is 30.9 Å². The van der Waals surface area contributed by atoms with E-state index in [1.165, 1.54) is 11.3 Å². The van der Waals surface area contributed by atoms with Crippen molar-refractivity contribution < 1.29 is 29.3 Å². The van der Waals surface area contributed by atoms with Gasteiger partial charge in [0.15, 0.2) is 0 Å². The molecule has 0 radical (unpaired) electrons. The molecule has 2 aliphatic heterocycles. The Labute approximate surface area is 179 Å². The molecule has 9 heteroatoms. The Morgan fingerprint density at radius 2 is 1.71 bits per heavy atom. The maximum atomic E-state index is 12.2. The first-order valence-electron chi connectivity index (χ1n) is 9.71. The van der Waals surface area contributed by atoms with Crippen LogP contribution in [0.5, 0.6) is 5.75 Å². The van der Waals surface area contributed by atoms with Crippen LogP contribution in [-0.4, -0.2) is 60.0 Å². The number of carboxylic acids is 2. The lowest BCUT2D eigenvalue weighted by molar-refractivity contribution is -0.159. The number of hydrogen-bond acceptors (Lipinski definition) is 6. The van der Waals surface area contributed by atoms with Crippen LogP contribution in [0.15, 0.2) is 48.5 Å². The zero-order chi connectivity index (χ0) is 22.8. The monoisotopic (exact) mass is 427 g/mol. The average Bonchev–Trinajstić information content (AvgIpc) is 3.14. The number of carbonyl (C=O) groups excluding carboxylic acids is 1. The molecule has 0 bridgehead atoms. The molecule has 0 spiro atoms. The molecule has 31 heavy (non-hydrogen) atoms. The zero-order valence-corrected chi connectivity index (χ0v) is 17.5. The third-order valence-corrected chi connectivity index (χ3v) is 5.71. The Balaban J connectivity index is 0.000000401. The van der Waals surface area contributed by atoms with Gasteiger partial charge in [0.2, 0.25) is 0 Å². The number of para-hydroxylation sites is 1. The lowest BCUT2D eigenvalue weighted by Crippen LogP contribution is -2.45. The fourth-order valence-corrected chi connectivity index (χ4v) is 4.39. The number of rotatable bonds is 2. The van der Waals surface area contributed by atoms with Crippen molar-refractivity contribution in [2.24, 2.45) is 0 Å². The number of ether oxygens (including phenoxy) is 1. The van der Waals surface area contributed by atoms with E-state index in [-0.39, 0.29) is 5.41 Å². The van der Waals surface area contributed by atoms with Crippen LogP contribution in [0.4, 0.5) is 16.2 Å². The summed E-state index contributed by atoms with van der Waals surface area (Å²) in [5, 5.41) is 17.6. The van der Waals surface area contributed by atoms with Crippen molar-refractivity contribution in [3.8, 4) is 5.75 Å². The molecular formula is C22H25N3O6. The Bertz CT molecular complexity index is 984. The van der Waals surface area contributed by atoms with Gasteiger partial charge in [0, 0.05) is 30.4 Å². The quantitative estimate of drug-likeness (QED) is 0.626. The molecule has 2 aromatic carbocycles. The number of benzene rings is 2. The van der Waals surface area contributed by atoms with E-state index in [0.29, 0.717) is 11.9 Å². The highest BCUT2D eigenvalue weighted by atomic mass is 16.6. The molecule has 2 heterocycles. The van der Waals surface area contributed by atoms with Gasteiger partial charge < -0.3 is 19.8 Å². The second kappa shape index (κ2) is 8.65. The first-order chi connectivity index (χ1) is 14.6. The van der Waals surface area contributed by atoms with E-state index in [4.69, 9.17) is 24.5 Å². The number of hydrogen-bond donors (Lipinski definition) is 3. The summed E-state index contributed by atoms with van der Waals surface area (Å²) >= 11 is 0. The van der Waals surface area contributed by atoms with E-state index in [0.717, 1.165) is 18.7 Å². The van der Waals surface area contributed by atoms with Crippen molar-refractivity contribution in [1.29, 1.82) is 0 Å². The fraction of sp³-hybridized carbons (Fsp3) is 0.318. The minimum absolute atomic E-state index is 0.0832. The number of aliphatic carboxylic acids is 2. The molecule has 1 amide bonds. The summed E-state index contributed by atoms with van der Waals surface area (Å²) < 4.78 is 5.32. The number of carbonyl (C=O) groups is 3. The number of likely N-dealkylation sites (N-methyl/N-ethyl adjacent to an activating group) is 2. The highest BCUT2D eigenvalue weighted by molar-refractivity contribution is 6.27. The maximum absolute atomic E-state index is 12.2. The maximum Gasteiger partial charge on any atom is 0.417 e. The van der Waals surface area contributed by atoms with E-state index in [1.807, 2.05) is 24.3 Å². The highest BCUT2D eigenvalue weighted by Gasteiger charge is 2.52. The van der Waals surface area contributed by atoms with Gasteiger partial charge in [0.25, 0.3) is 0 Å². The standard InChI is InChI=1S/C20H23N3O2.C2H2O4/c1-20-11-12-22(2)18(20)23(3)17-10-9-14(13-16(17)20)21-19(24)25-15-7-5-4-6-8-15;3-1(4)2(5)6/h4-10,13,18H,11-12H2,1-3H3,(H,21,24);(H,3,4)(H,5,6). The third-order valence-electron chi connectivity index (χ3n) is 5.71. The van der Waals surface area contributed by atoms with Gasteiger partial charge in [-0.05, 0) is 49.4 Å². The number of anilines is 2. The number of fused-ring (bicyclic) bond motifs is 3. The SMILES string of the molecule is CN1CCC2(C)c3cc(NC(=O)Oc4ccccc4)ccc3N(C)C12.O=C(O)C(=O)O. The molecule has 3 N–H and O–H groups in total. The molecule has 4 rings (SSSR count). The molecule has 0 aromatic heterocycles. The van der Waals surface area contributed by atoms with Gasteiger partial charge in [0.05, 0.1) is 6.17 Å². The van der Waals surface area contributed by atoms with E-state index in [9.17, 15) is 4.79 Å². The molecule has 2 unspecified atom stereocenters. The van der Waals surface area contributed by atoms with Crippen LogP contribution in [0.1, 0.15) is 18.9 Å². The van der Waals surface area contributed by atoms with Crippen molar-refractivity contribution in [3.63, 3.8) is 0 Å². The van der Waals surface area contributed by atoms with Crippen LogP contribution in [0.3, 0.4) is 0 Å². The predicted octanol–water partition coefficient (Wildman–Crippen LogP) is 2.82. The third kappa shape index (κ3) is 4.46. The van der Waals surface area contributed by atoms with Crippen molar-refractivity contribution in [2.45, 2.75) is 24.9 Å². The first kappa shape index (κ1) is 22.1. The van der Waals surface area contributed by atoms with E-state index in [2.05, 4.69) is 48.3 Å². The van der Waals surface area contributed by atoms with E-state index < -0.39 is 18.0 Å². The van der Waals surface area contributed by atoms with Gasteiger partial charge in [-0.25, -0.2) is 14.4 Å². The van der Waals surface area contributed by atoms with Gasteiger partial charge in [0.1, 0.15) is 5.75 Å². The zero-order valence-electron chi connectivity index (χ0n) is 17.5. The molecule has 2 atom stereocenters. The van der Waals surface area contributed by atoms with E-state index >= 15 is 0 Å². The van der Waals surface area contributed by atoms with Crippen molar-refractivity contribution in [1.82, 2.24) is 4.90 Å². The van der Waals surface area contributed by atoms with Crippen LogP contribution in [0.2, 0.25) is 0 Å². The summed E-state index contributed by atoms with van der Waals surface area (Å²) in [7, 11) is 4.32. The van der Waals surface area contributed by atoms with Crippen LogP contribution in [-0.2, 0) is 15.0 Å². The molecule has 2 aliphatic rings. The fourth-order valence-electron chi connectivity index (χ4n) is 4.39. The summed E-state index contributed by atoms with van der Waals surface area (Å²) in [4.78, 5) is 35.1. The van der Waals surface area contributed by atoms with Crippen LogP contribution in [0.25, 0.3) is 0 Å². The second-order valence-electron chi connectivity index (χ2n) is 7.80. The number of likely N-dealkylation sites (tertiary alicyclic amines) is 1. The average molecular weight is 427 g/mol. The summed E-state index contributed by atoms with van der Waals surface area (Å²) in [6.07, 6.45) is 1.01. The van der Waals surface area contributed by atoms with Gasteiger partial charge in [-0.2, -0.15) is 0 Å². The topological polar surface area (TPSA) is 119 Å². The smallest absolute Gasteiger partial charge is 0.417 e. The highest BCUT2D eigenvalue weighted by Crippen LogP contribution is 2.51. The summed E-state index contributed by atoms with van der Waals surface area (Å²) in [5.41, 5.74) is 3.38. The largest absolute Gasteiger partial charge is 0.473 e. The summed E-state index contributed by atoms with van der Waals surface area (Å²) in [5.74, 6) is -3.12. The lowest BCUT2D eigenvalue weighted by atomic mass is 9.81.